The number of amides is 2. The summed E-state index contributed by atoms with van der Waals surface area (Å²) in [5.41, 5.74) is 0.455. The lowest BCUT2D eigenvalue weighted by molar-refractivity contribution is -0.119. The zero-order valence-electron chi connectivity index (χ0n) is 12.1. The van der Waals surface area contributed by atoms with Crippen LogP contribution in [0.1, 0.15) is 16.8 Å². The lowest BCUT2D eigenvalue weighted by Crippen LogP contribution is -2.34. The standard InChI is InChI=1S/C14H12ClFN2O4S2/c15-10-1-2-12(11(16)7-10)24(21,22)18-13(19)3-5-17-14(20)9-4-6-23-8-9/h1-2,4,6-8H,3,5H2,(H,17,20)(H,18,19). The van der Waals surface area contributed by atoms with E-state index in [1.54, 1.807) is 21.5 Å². The van der Waals surface area contributed by atoms with Crippen molar-refractivity contribution in [2.75, 3.05) is 6.54 Å². The molecule has 0 aliphatic heterocycles. The van der Waals surface area contributed by atoms with Gasteiger partial charge in [0.2, 0.25) is 5.91 Å². The van der Waals surface area contributed by atoms with Crippen LogP contribution < -0.4 is 10.0 Å². The number of nitrogens with one attached hydrogen (secondary N) is 2. The molecule has 1 heterocycles. The maximum atomic E-state index is 13.6. The molecule has 0 spiro atoms. The normalized spacial score (nSPS) is 11.1. The Hall–Kier alpha value is -1.97. The molecule has 0 fully saturated rings. The summed E-state index contributed by atoms with van der Waals surface area (Å²) in [5, 5.41) is 5.89. The van der Waals surface area contributed by atoms with E-state index in [9.17, 15) is 22.4 Å². The molecule has 0 atom stereocenters. The summed E-state index contributed by atoms with van der Waals surface area (Å²) in [4.78, 5) is 22.7. The van der Waals surface area contributed by atoms with Gasteiger partial charge in [-0.15, -0.1) is 0 Å². The number of sulfonamides is 1. The van der Waals surface area contributed by atoms with Crippen molar-refractivity contribution in [3.63, 3.8) is 0 Å². The molecule has 2 N–H and O–H groups in total. The molecule has 2 aromatic rings. The first-order valence-electron chi connectivity index (χ1n) is 6.61. The molecule has 0 bridgehead atoms. The summed E-state index contributed by atoms with van der Waals surface area (Å²) in [6.45, 7) is -0.0564. The zero-order valence-corrected chi connectivity index (χ0v) is 14.5. The smallest absolute Gasteiger partial charge is 0.266 e. The fourth-order valence-corrected chi connectivity index (χ4v) is 3.60. The molecule has 0 aliphatic rings. The van der Waals surface area contributed by atoms with Crippen LogP contribution in [0, 0.1) is 5.82 Å². The number of hydrogen-bond donors (Lipinski definition) is 2. The van der Waals surface area contributed by atoms with Crippen LogP contribution in [0.2, 0.25) is 5.02 Å². The Bertz CT molecular complexity index is 854. The Balaban J connectivity index is 1.90. The average molecular weight is 391 g/mol. The maximum absolute atomic E-state index is 13.6. The predicted octanol–water partition coefficient (Wildman–Crippen LogP) is 2.17. The number of thiophene rings is 1. The summed E-state index contributed by atoms with van der Waals surface area (Å²) in [7, 11) is -4.35. The average Bonchev–Trinajstić information content (AvgIpc) is 3.00. The molecule has 24 heavy (non-hydrogen) atoms. The van der Waals surface area contributed by atoms with E-state index in [2.05, 4.69) is 5.32 Å². The van der Waals surface area contributed by atoms with Crippen LogP contribution in [0.5, 0.6) is 0 Å². The minimum atomic E-state index is -4.35. The van der Waals surface area contributed by atoms with E-state index in [0.717, 1.165) is 12.1 Å². The van der Waals surface area contributed by atoms with Crippen molar-refractivity contribution < 1.29 is 22.4 Å². The highest BCUT2D eigenvalue weighted by molar-refractivity contribution is 7.90. The highest BCUT2D eigenvalue weighted by Gasteiger charge is 2.21. The Morgan fingerprint density at radius 2 is 2.00 bits per heavy atom. The van der Waals surface area contributed by atoms with Crippen molar-refractivity contribution in [1.29, 1.82) is 0 Å². The lowest BCUT2D eigenvalue weighted by Gasteiger charge is -2.08. The van der Waals surface area contributed by atoms with E-state index < -0.39 is 26.6 Å². The van der Waals surface area contributed by atoms with Gasteiger partial charge in [0.1, 0.15) is 10.7 Å². The van der Waals surface area contributed by atoms with Crippen molar-refractivity contribution in [3.05, 3.63) is 51.4 Å². The second-order valence-corrected chi connectivity index (χ2v) is 7.49. The number of carbonyl (C=O) groups is 2. The maximum Gasteiger partial charge on any atom is 0.266 e. The molecule has 0 aliphatic carbocycles. The Labute approximate surface area is 146 Å². The van der Waals surface area contributed by atoms with Crippen molar-refractivity contribution >= 4 is 44.8 Å². The fraction of sp³-hybridized carbons (Fsp3) is 0.143. The zero-order chi connectivity index (χ0) is 17.7. The van der Waals surface area contributed by atoms with Gasteiger partial charge in [-0.2, -0.15) is 11.3 Å². The molecule has 0 saturated carbocycles. The van der Waals surface area contributed by atoms with Gasteiger partial charge < -0.3 is 5.32 Å². The summed E-state index contributed by atoms with van der Waals surface area (Å²) in [6, 6.07) is 4.62. The van der Waals surface area contributed by atoms with Crippen molar-refractivity contribution in [2.24, 2.45) is 0 Å². The van der Waals surface area contributed by atoms with Gasteiger partial charge in [-0.05, 0) is 29.6 Å². The van der Waals surface area contributed by atoms with Crippen LogP contribution in [0.3, 0.4) is 0 Å². The van der Waals surface area contributed by atoms with Crippen LogP contribution in [-0.4, -0.2) is 26.8 Å². The molecule has 0 radical (unpaired) electrons. The van der Waals surface area contributed by atoms with E-state index in [0.29, 0.717) is 5.56 Å². The minimum Gasteiger partial charge on any atom is -0.351 e. The monoisotopic (exact) mass is 390 g/mol. The molecule has 2 amide bonds. The first kappa shape index (κ1) is 18.4. The van der Waals surface area contributed by atoms with Gasteiger partial charge in [0.15, 0.2) is 0 Å². The molecule has 128 valence electrons. The lowest BCUT2D eigenvalue weighted by atomic mass is 10.3. The van der Waals surface area contributed by atoms with E-state index in [1.807, 2.05) is 0 Å². The van der Waals surface area contributed by atoms with Gasteiger partial charge >= 0.3 is 0 Å². The molecule has 0 saturated heterocycles. The second kappa shape index (κ2) is 7.73. The van der Waals surface area contributed by atoms with E-state index in [1.165, 1.54) is 17.4 Å². The highest BCUT2D eigenvalue weighted by atomic mass is 35.5. The topological polar surface area (TPSA) is 92.3 Å². The molecule has 10 heteroatoms. The van der Waals surface area contributed by atoms with Gasteiger partial charge in [0.05, 0.1) is 0 Å². The Morgan fingerprint density at radius 1 is 1.25 bits per heavy atom. The van der Waals surface area contributed by atoms with E-state index in [-0.39, 0.29) is 23.9 Å². The number of rotatable bonds is 6. The summed E-state index contributed by atoms with van der Waals surface area (Å²) >= 11 is 6.90. The fourth-order valence-electron chi connectivity index (χ4n) is 1.73. The van der Waals surface area contributed by atoms with Crippen LogP contribution >= 0.6 is 22.9 Å². The van der Waals surface area contributed by atoms with Gasteiger partial charge in [-0.1, -0.05) is 11.6 Å². The van der Waals surface area contributed by atoms with Gasteiger partial charge in [0.25, 0.3) is 15.9 Å². The number of benzene rings is 1. The molecule has 1 aromatic heterocycles. The highest BCUT2D eigenvalue weighted by Crippen LogP contribution is 2.18. The van der Waals surface area contributed by atoms with Crippen molar-refractivity contribution in [3.8, 4) is 0 Å². The SMILES string of the molecule is O=C(CCNC(=O)c1ccsc1)NS(=O)(=O)c1ccc(Cl)cc1F. The third-order valence-electron chi connectivity index (χ3n) is 2.85. The molecule has 2 rings (SSSR count). The first-order valence-corrected chi connectivity index (χ1v) is 9.41. The summed E-state index contributed by atoms with van der Waals surface area (Å²) < 4.78 is 39.3. The number of hydrogen-bond acceptors (Lipinski definition) is 5. The molecular weight excluding hydrogens is 379 g/mol. The number of carbonyl (C=O) groups excluding carboxylic acids is 2. The van der Waals surface area contributed by atoms with Crippen LogP contribution in [0.25, 0.3) is 0 Å². The van der Waals surface area contributed by atoms with Gasteiger partial charge in [-0.3, -0.25) is 9.59 Å². The Morgan fingerprint density at radius 3 is 2.62 bits per heavy atom. The third-order valence-corrected chi connectivity index (χ3v) is 5.18. The molecule has 6 nitrogen and oxygen atoms in total. The summed E-state index contributed by atoms with van der Waals surface area (Å²) in [5.74, 6) is -2.29. The Kier molecular flexibility index (Phi) is 5.92. The van der Waals surface area contributed by atoms with Crippen LogP contribution in [0.15, 0.2) is 39.9 Å². The second-order valence-electron chi connectivity index (χ2n) is 4.62. The molecular formula is C14H12ClFN2O4S2. The summed E-state index contributed by atoms with van der Waals surface area (Å²) in [6.07, 6.45) is -0.273. The van der Waals surface area contributed by atoms with Gasteiger partial charge in [-0.25, -0.2) is 17.5 Å². The van der Waals surface area contributed by atoms with E-state index >= 15 is 0 Å². The third kappa shape index (κ3) is 4.76. The first-order chi connectivity index (χ1) is 11.3. The molecule has 0 unspecified atom stereocenters. The largest absolute Gasteiger partial charge is 0.351 e. The van der Waals surface area contributed by atoms with Crippen molar-refractivity contribution in [2.45, 2.75) is 11.3 Å². The predicted molar refractivity (Wildman–Crippen MR) is 88.0 cm³/mol. The van der Waals surface area contributed by atoms with E-state index in [4.69, 9.17) is 11.6 Å². The van der Waals surface area contributed by atoms with Gasteiger partial charge in [0, 0.05) is 28.9 Å². The van der Waals surface area contributed by atoms with Crippen molar-refractivity contribution in [1.82, 2.24) is 10.0 Å². The van der Waals surface area contributed by atoms with Crippen LogP contribution in [-0.2, 0) is 14.8 Å². The quantitative estimate of drug-likeness (QED) is 0.790. The molecule has 1 aromatic carbocycles. The number of halogens is 2. The minimum absolute atomic E-state index is 0.0360. The van der Waals surface area contributed by atoms with Crippen LogP contribution in [0.4, 0.5) is 4.39 Å².